The van der Waals surface area contributed by atoms with Crippen molar-refractivity contribution in [3.05, 3.63) is 29.3 Å². The van der Waals surface area contributed by atoms with Crippen molar-refractivity contribution in [3.63, 3.8) is 0 Å². The van der Waals surface area contributed by atoms with Gasteiger partial charge in [-0.15, -0.1) is 0 Å². The molecule has 0 aromatic heterocycles. The van der Waals surface area contributed by atoms with Crippen LogP contribution >= 0.6 is 0 Å². The van der Waals surface area contributed by atoms with Crippen LogP contribution in [0, 0.1) is 16.7 Å². The number of anilines is 1. The molecule has 0 aliphatic carbocycles. The van der Waals surface area contributed by atoms with Crippen molar-refractivity contribution in [1.82, 2.24) is 0 Å². The van der Waals surface area contributed by atoms with E-state index in [2.05, 4.69) is 24.8 Å². The first-order chi connectivity index (χ1) is 10.0. The smallest absolute Gasteiger partial charge is 0.0992 e. The van der Waals surface area contributed by atoms with Gasteiger partial charge in [0, 0.05) is 24.3 Å². The highest BCUT2D eigenvalue weighted by atomic mass is 16.3. The van der Waals surface area contributed by atoms with Crippen molar-refractivity contribution >= 4 is 5.69 Å². The van der Waals surface area contributed by atoms with Crippen LogP contribution in [0.4, 0.5) is 5.69 Å². The van der Waals surface area contributed by atoms with Gasteiger partial charge in [0.15, 0.2) is 0 Å². The molecule has 0 spiro atoms. The Hall–Kier alpha value is -1.53. The topological polar surface area (TPSA) is 47.3 Å². The van der Waals surface area contributed by atoms with Crippen LogP contribution in [0.25, 0.3) is 0 Å². The van der Waals surface area contributed by atoms with Crippen LogP contribution in [0.2, 0.25) is 0 Å². The van der Waals surface area contributed by atoms with Crippen molar-refractivity contribution in [2.75, 3.05) is 18.0 Å². The molecule has 114 valence electrons. The molecule has 1 N–H and O–H groups in total. The number of aliphatic hydroxyl groups is 1. The molecule has 1 heterocycles. The Balaban J connectivity index is 2.25. The quantitative estimate of drug-likeness (QED) is 0.909. The molecule has 1 unspecified atom stereocenters. The van der Waals surface area contributed by atoms with Gasteiger partial charge in [-0.1, -0.05) is 32.8 Å². The van der Waals surface area contributed by atoms with Crippen LogP contribution in [0.5, 0.6) is 0 Å². The molecule has 1 aromatic carbocycles. The summed E-state index contributed by atoms with van der Waals surface area (Å²) in [6, 6.07) is 7.80. The van der Waals surface area contributed by atoms with Crippen LogP contribution in [0.15, 0.2) is 18.2 Å². The first kappa shape index (κ1) is 15.9. The molecule has 0 saturated carbocycles. The van der Waals surface area contributed by atoms with Gasteiger partial charge in [0.25, 0.3) is 0 Å². The first-order valence-corrected chi connectivity index (χ1v) is 8.02. The maximum absolute atomic E-state index is 9.98. The van der Waals surface area contributed by atoms with Gasteiger partial charge < -0.3 is 10.0 Å². The summed E-state index contributed by atoms with van der Waals surface area (Å²) in [5.41, 5.74) is 3.10. The minimum absolute atomic E-state index is 0.480. The molecule has 1 atom stereocenters. The van der Waals surface area contributed by atoms with E-state index in [0.717, 1.165) is 24.3 Å². The van der Waals surface area contributed by atoms with Gasteiger partial charge in [-0.3, -0.25) is 0 Å². The summed E-state index contributed by atoms with van der Waals surface area (Å²) in [5, 5.41) is 19.1. The minimum atomic E-state index is -0.503. The zero-order chi connectivity index (χ0) is 15.5. The van der Waals surface area contributed by atoms with Gasteiger partial charge in [-0.25, -0.2) is 0 Å². The zero-order valence-electron chi connectivity index (χ0n) is 13.4. The van der Waals surface area contributed by atoms with Crippen molar-refractivity contribution in [3.8, 4) is 6.07 Å². The highest BCUT2D eigenvalue weighted by Crippen LogP contribution is 2.40. The van der Waals surface area contributed by atoms with Gasteiger partial charge in [0.05, 0.1) is 17.7 Å². The van der Waals surface area contributed by atoms with E-state index >= 15 is 0 Å². The molecular weight excluding hydrogens is 260 g/mol. The summed E-state index contributed by atoms with van der Waals surface area (Å²) in [5.74, 6) is 0. The van der Waals surface area contributed by atoms with Crippen molar-refractivity contribution < 1.29 is 5.11 Å². The van der Waals surface area contributed by atoms with E-state index in [-0.39, 0.29) is 0 Å². The van der Waals surface area contributed by atoms with Gasteiger partial charge in [-0.05, 0) is 37.3 Å². The van der Waals surface area contributed by atoms with E-state index in [0.29, 0.717) is 11.0 Å². The van der Waals surface area contributed by atoms with Gasteiger partial charge >= 0.3 is 0 Å². The summed E-state index contributed by atoms with van der Waals surface area (Å²) in [7, 11) is 0. The van der Waals surface area contributed by atoms with E-state index < -0.39 is 6.10 Å². The van der Waals surface area contributed by atoms with Crippen LogP contribution in [0.1, 0.15) is 63.7 Å². The normalized spacial score (nSPS) is 19.1. The maximum Gasteiger partial charge on any atom is 0.0992 e. The third-order valence-corrected chi connectivity index (χ3v) is 5.27. The van der Waals surface area contributed by atoms with Crippen LogP contribution < -0.4 is 4.90 Å². The number of piperidine rings is 1. The summed E-state index contributed by atoms with van der Waals surface area (Å²) < 4.78 is 0. The van der Waals surface area contributed by atoms with E-state index in [1.54, 1.807) is 13.0 Å². The molecule has 0 amide bonds. The number of hydrogen-bond acceptors (Lipinski definition) is 3. The first-order valence-electron chi connectivity index (χ1n) is 8.02. The fraction of sp³-hybridized carbons (Fsp3) is 0.611. The molecule has 1 fully saturated rings. The lowest BCUT2D eigenvalue weighted by Gasteiger charge is -2.42. The Morgan fingerprint density at radius 1 is 1.29 bits per heavy atom. The monoisotopic (exact) mass is 286 g/mol. The number of nitriles is 1. The lowest BCUT2D eigenvalue weighted by molar-refractivity contribution is 0.193. The fourth-order valence-corrected chi connectivity index (χ4v) is 3.42. The molecule has 3 heteroatoms. The van der Waals surface area contributed by atoms with Gasteiger partial charge in [0.2, 0.25) is 0 Å². The second kappa shape index (κ2) is 6.49. The number of benzene rings is 1. The molecule has 1 saturated heterocycles. The van der Waals surface area contributed by atoms with Crippen LogP contribution in [-0.2, 0) is 0 Å². The number of rotatable bonds is 4. The second-order valence-corrected chi connectivity index (χ2v) is 6.26. The Kier molecular flexibility index (Phi) is 4.90. The third-order valence-electron chi connectivity index (χ3n) is 5.27. The molecule has 21 heavy (non-hydrogen) atoms. The molecule has 1 aliphatic heterocycles. The van der Waals surface area contributed by atoms with Gasteiger partial charge in [-0.2, -0.15) is 5.26 Å². The zero-order valence-corrected chi connectivity index (χ0v) is 13.4. The Labute approximate surface area is 128 Å². The van der Waals surface area contributed by atoms with E-state index in [1.165, 1.54) is 25.7 Å². The molecule has 2 rings (SSSR count). The Morgan fingerprint density at radius 3 is 2.38 bits per heavy atom. The standard InChI is InChI=1S/C18H26N2O/c1-4-18(5-2)8-10-20(11-9-18)17-12-15(13-19)6-7-16(17)14(3)21/h6-7,12,14,21H,4-5,8-11H2,1-3H3. The van der Waals surface area contributed by atoms with Crippen molar-refractivity contribution in [1.29, 1.82) is 5.26 Å². The summed E-state index contributed by atoms with van der Waals surface area (Å²) in [6.07, 6.45) is 4.35. The Morgan fingerprint density at radius 2 is 1.90 bits per heavy atom. The fourth-order valence-electron chi connectivity index (χ4n) is 3.42. The van der Waals surface area contributed by atoms with Crippen LogP contribution in [0.3, 0.4) is 0 Å². The minimum Gasteiger partial charge on any atom is -0.389 e. The lowest BCUT2D eigenvalue weighted by Crippen LogP contribution is -2.40. The molecule has 1 aromatic rings. The van der Waals surface area contributed by atoms with Gasteiger partial charge in [0.1, 0.15) is 0 Å². The number of nitrogens with zero attached hydrogens (tertiary/aromatic N) is 2. The highest BCUT2D eigenvalue weighted by molar-refractivity contribution is 5.58. The Bertz CT molecular complexity index is 517. The summed E-state index contributed by atoms with van der Waals surface area (Å²) in [6.45, 7) is 8.39. The second-order valence-electron chi connectivity index (χ2n) is 6.26. The largest absolute Gasteiger partial charge is 0.389 e. The molecule has 0 radical (unpaired) electrons. The third kappa shape index (κ3) is 3.22. The molecule has 3 nitrogen and oxygen atoms in total. The van der Waals surface area contributed by atoms with E-state index in [1.807, 2.05) is 12.1 Å². The molecule has 1 aliphatic rings. The number of hydrogen-bond donors (Lipinski definition) is 1. The molecular formula is C18H26N2O. The highest BCUT2D eigenvalue weighted by Gasteiger charge is 2.32. The average Bonchev–Trinajstić information content (AvgIpc) is 2.54. The average molecular weight is 286 g/mol. The summed E-state index contributed by atoms with van der Waals surface area (Å²) in [4.78, 5) is 2.34. The predicted molar refractivity (Wildman–Crippen MR) is 86.3 cm³/mol. The van der Waals surface area contributed by atoms with E-state index in [9.17, 15) is 5.11 Å². The predicted octanol–water partition coefficient (Wildman–Crippen LogP) is 4.02. The molecule has 0 bridgehead atoms. The SMILES string of the molecule is CCC1(CC)CCN(c2cc(C#N)ccc2C(C)O)CC1. The maximum atomic E-state index is 9.98. The van der Waals surface area contributed by atoms with Crippen LogP contribution in [-0.4, -0.2) is 18.2 Å². The lowest BCUT2D eigenvalue weighted by atomic mass is 9.74. The van der Waals surface area contributed by atoms with Crippen molar-refractivity contribution in [2.24, 2.45) is 5.41 Å². The van der Waals surface area contributed by atoms with E-state index in [4.69, 9.17) is 5.26 Å². The summed E-state index contributed by atoms with van der Waals surface area (Å²) >= 11 is 0. The number of aliphatic hydroxyl groups excluding tert-OH is 1. The van der Waals surface area contributed by atoms with Crippen molar-refractivity contribution in [2.45, 2.75) is 52.6 Å².